The van der Waals surface area contributed by atoms with Crippen LogP contribution in [0.15, 0.2) is 0 Å². The third-order valence-electron chi connectivity index (χ3n) is 4.71. The number of nitrogens with two attached hydrogens (primary N) is 1. The zero-order valence-corrected chi connectivity index (χ0v) is 12.1. The summed E-state index contributed by atoms with van der Waals surface area (Å²) < 4.78 is 5.27. The van der Waals surface area contributed by atoms with Gasteiger partial charge in [0.15, 0.2) is 0 Å². The highest BCUT2D eigenvalue weighted by Crippen LogP contribution is 2.36. The number of likely N-dealkylation sites (tertiary alicyclic amines) is 1. The molecule has 1 aliphatic carbocycles. The first kappa shape index (κ1) is 15.0. The molecule has 2 N–H and O–H groups in total. The van der Waals surface area contributed by atoms with Crippen LogP contribution in [0.4, 0.5) is 0 Å². The van der Waals surface area contributed by atoms with Gasteiger partial charge in [-0.3, -0.25) is 9.69 Å². The lowest BCUT2D eigenvalue weighted by atomic mass is 9.98. The Morgan fingerprint density at radius 3 is 2.63 bits per heavy atom. The van der Waals surface area contributed by atoms with Crippen LogP contribution in [-0.2, 0) is 9.53 Å². The van der Waals surface area contributed by atoms with E-state index >= 15 is 0 Å². The maximum Gasteiger partial charge on any atom is 0.236 e. The minimum atomic E-state index is 0. The van der Waals surface area contributed by atoms with Crippen molar-refractivity contribution in [3.63, 3.8) is 0 Å². The number of rotatable bonds is 2. The van der Waals surface area contributed by atoms with Crippen LogP contribution in [-0.4, -0.2) is 67.7 Å². The van der Waals surface area contributed by atoms with Gasteiger partial charge in [-0.1, -0.05) is 0 Å². The van der Waals surface area contributed by atoms with Gasteiger partial charge in [0.2, 0.25) is 5.91 Å². The number of carbonyl (C=O) groups excluding carboxylic acids is 1. The quantitative estimate of drug-likeness (QED) is 0.774. The van der Waals surface area contributed by atoms with Gasteiger partial charge in [-0.2, -0.15) is 0 Å². The minimum absolute atomic E-state index is 0. The van der Waals surface area contributed by atoms with Crippen molar-refractivity contribution in [3.05, 3.63) is 0 Å². The second-order valence-corrected chi connectivity index (χ2v) is 5.85. The topological polar surface area (TPSA) is 58.8 Å². The van der Waals surface area contributed by atoms with E-state index in [1.807, 2.05) is 4.90 Å². The van der Waals surface area contributed by atoms with Crippen LogP contribution < -0.4 is 5.73 Å². The van der Waals surface area contributed by atoms with Crippen molar-refractivity contribution in [2.45, 2.75) is 18.9 Å². The first-order valence-corrected chi connectivity index (χ1v) is 7.07. The molecular weight excluding hydrogens is 266 g/mol. The lowest BCUT2D eigenvalue weighted by Gasteiger charge is -2.29. The molecule has 0 aromatic carbocycles. The lowest BCUT2D eigenvalue weighted by molar-refractivity contribution is -0.136. The van der Waals surface area contributed by atoms with E-state index in [0.29, 0.717) is 31.7 Å². The molecule has 0 aromatic rings. The van der Waals surface area contributed by atoms with Crippen molar-refractivity contribution in [3.8, 4) is 0 Å². The number of ether oxygens (including phenoxy) is 1. The molecule has 2 aliphatic heterocycles. The lowest BCUT2D eigenvalue weighted by Crippen LogP contribution is -2.45. The molecule has 1 amide bonds. The van der Waals surface area contributed by atoms with E-state index in [-0.39, 0.29) is 18.3 Å². The molecule has 2 saturated heterocycles. The zero-order valence-electron chi connectivity index (χ0n) is 11.3. The summed E-state index contributed by atoms with van der Waals surface area (Å²) >= 11 is 0. The summed E-state index contributed by atoms with van der Waals surface area (Å²) in [6.45, 7) is 5.51. The van der Waals surface area contributed by atoms with Gasteiger partial charge in [0.1, 0.15) is 0 Å². The molecule has 3 rings (SSSR count). The van der Waals surface area contributed by atoms with Crippen molar-refractivity contribution in [2.75, 3.05) is 45.9 Å². The number of fused-ring (bicyclic) bond motifs is 1. The molecule has 5 nitrogen and oxygen atoms in total. The summed E-state index contributed by atoms with van der Waals surface area (Å²) in [4.78, 5) is 16.4. The van der Waals surface area contributed by atoms with Crippen LogP contribution in [0.25, 0.3) is 0 Å². The summed E-state index contributed by atoms with van der Waals surface area (Å²) in [5, 5.41) is 0. The van der Waals surface area contributed by atoms with Crippen LogP contribution in [0.2, 0.25) is 0 Å². The summed E-state index contributed by atoms with van der Waals surface area (Å²) in [5.41, 5.74) is 6.12. The number of nitrogens with zero attached hydrogens (tertiary/aromatic N) is 2. The van der Waals surface area contributed by atoms with Gasteiger partial charge in [-0.05, 0) is 24.7 Å². The van der Waals surface area contributed by atoms with Crippen LogP contribution in [0.5, 0.6) is 0 Å². The van der Waals surface area contributed by atoms with Gasteiger partial charge in [0.25, 0.3) is 0 Å². The first-order valence-electron chi connectivity index (χ1n) is 7.07. The standard InChI is InChI=1S/C13H23N3O2.ClH/c14-12-2-1-10-7-15(8-11(10)12)9-13(17)16-3-5-18-6-4-16;/h10-12H,1-9,14H2;1H. The SMILES string of the molecule is Cl.NC1CCC2CN(CC(=O)N3CCOCC3)CC12. The van der Waals surface area contributed by atoms with E-state index in [1.54, 1.807) is 0 Å². The van der Waals surface area contributed by atoms with Gasteiger partial charge in [-0.15, -0.1) is 12.4 Å². The number of hydrogen-bond acceptors (Lipinski definition) is 4. The number of halogens is 1. The van der Waals surface area contributed by atoms with Crippen LogP contribution >= 0.6 is 12.4 Å². The smallest absolute Gasteiger partial charge is 0.236 e. The van der Waals surface area contributed by atoms with Gasteiger partial charge in [0.05, 0.1) is 19.8 Å². The molecule has 0 aromatic heterocycles. The van der Waals surface area contributed by atoms with Crippen LogP contribution in [0.1, 0.15) is 12.8 Å². The monoisotopic (exact) mass is 289 g/mol. The maximum absolute atomic E-state index is 12.2. The van der Waals surface area contributed by atoms with Crippen LogP contribution in [0, 0.1) is 11.8 Å². The summed E-state index contributed by atoms with van der Waals surface area (Å²) in [6.07, 6.45) is 2.41. The first-order chi connectivity index (χ1) is 8.74. The summed E-state index contributed by atoms with van der Waals surface area (Å²) in [5.74, 6) is 1.62. The maximum atomic E-state index is 12.2. The van der Waals surface area contributed by atoms with E-state index in [1.165, 1.54) is 12.8 Å². The van der Waals surface area contributed by atoms with Crippen molar-refractivity contribution in [2.24, 2.45) is 17.6 Å². The molecular formula is C13H24ClN3O2. The fraction of sp³-hybridized carbons (Fsp3) is 0.923. The van der Waals surface area contributed by atoms with Gasteiger partial charge >= 0.3 is 0 Å². The molecule has 3 fully saturated rings. The summed E-state index contributed by atoms with van der Waals surface area (Å²) in [6, 6.07) is 0.360. The Labute approximate surface area is 120 Å². The van der Waals surface area contributed by atoms with Crippen molar-refractivity contribution >= 4 is 18.3 Å². The largest absolute Gasteiger partial charge is 0.378 e. The Balaban J connectivity index is 0.00000133. The fourth-order valence-corrected chi connectivity index (χ4v) is 3.63. The predicted molar refractivity (Wildman–Crippen MR) is 75.3 cm³/mol. The Hall–Kier alpha value is -0.360. The molecule has 0 bridgehead atoms. The highest BCUT2D eigenvalue weighted by atomic mass is 35.5. The number of hydrogen-bond donors (Lipinski definition) is 1. The third kappa shape index (κ3) is 3.21. The molecule has 110 valence electrons. The average molecular weight is 290 g/mol. The molecule has 6 heteroatoms. The Bertz CT molecular complexity index is 323. The molecule has 3 unspecified atom stereocenters. The Morgan fingerprint density at radius 1 is 1.21 bits per heavy atom. The van der Waals surface area contributed by atoms with E-state index < -0.39 is 0 Å². The molecule has 3 atom stereocenters. The molecule has 2 heterocycles. The molecule has 3 aliphatic rings. The minimum Gasteiger partial charge on any atom is -0.378 e. The summed E-state index contributed by atoms with van der Waals surface area (Å²) in [7, 11) is 0. The average Bonchev–Trinajstić information content (AvgIpc) is 2.93. The predicted octanol–water partition coefficient (Wildman–Crippen LogP) is -0.0639. The highest BCUT2D eigenvalue weighted by Gasteiger charge is 2.41. The zero-order chi connectivity index (χ0) is 12.5. The number of amides is 1. The van der Waals surface area contributed by atoms with E-state index in [0.717, 1.165) is 32.1 Å². The van der Waals surface area contributed by atoms with Gasteiger partial charge < -0.3 is 15.4 Å². The molecule has 1 saturated carbocycles. The van der Waals surface area contributed by atoms with Crippen molar-refractivity contribution in [1.29, 1.82) is 0 Å². The highest BCUT2D eigenvalue weighted by molar-refractivity contribution is 5.85. The second-order valence-electron chi connectivity index (χ2n) is 5.85. The molecule has 19 heavy (non-hydrogen) atoms. The van der Waals surface area contributed by atoms with Crippen molar-refractivity contribution < 1.29 is 9.53 Å². The molecule has 0 radical (unpaired) electrons. The van der Waals surface area contributed by atoms with E-state index in [2.05, 4.69) is 4.90 Å². The third-order valence-corrected chi connectivity index (χ3v) is 4.71. The fourth-order valence-electron chi connectivity index (χ4n) is 3.63. The molecule has 0 spiro atoms. The Morgan fingerprint density at radius 2 is 1.95 bits per heavy atom. The number of carbonyl (C=O) groups is 1. The second kappa shape index (κ2) is 6.39. The van der Waals surface area contributed by atoms with E-state index in [9.17, 15) is 4.79 Å². The van der Waals surface area contributed by atoms with E-state index in [4.69, 9.17) is 10.5 Å². The van der Waals surface area contributed by atoms with Crippen molar-refractivity contribution in [1.82, 2.24) is 9.80 Å². The Kier molecular flexibility index (Phi) is 5.06. The van der Waals surface area contributed by atoms with Crippen LogP contribution in [0.3, 0.4) is 0 Å². The normalized spacial score (nSPS) is 35.0. The van der Waals surface area contributed by atoms with Gasteiger partial charge in [-0.25, -0.2) is 0 Å². The number of morpholine rings is 1. The van der Waals surface area contributed by atoms with Gasteiger partial charge in [0, 0.05) is 32.2 Å².